The molecule has 162 valence electrons. The van der Waals surface area contributed by atoms with Gasteiger partial charge in [-0.2, -0.15) is 0 Å². The summed E-state index contributed by atoms with van der Waals surface area (Å²) in [6.07, 6.45) is 7.82. The van der Waals surface area contributed by atoms with Gasteiger partial charge in [-0.25, -0.2) is 9.97 Å². The van der Waals surface area contributed by atoms with Crippen LogP contribution in [0.15, 0.2) is 36.1 Å². The molecule has 0 bridgehead atoms. The van der Waals surface area contributed by atoms with Gasteiger partial charge in [-0.3, -0.25) is 20.0 Å². The maximum atomic E-state index is 13.0. The average Bonchev–Trinajstić information content (AvgIpc) is 3.34. The lowest BCUT2D eigenvalue weighted by Crippen LogP contribution is -2.51. The van der Waals surface area contributed by atoms with Gasteiger partial charge in [0.2, 0.25) is 11.9 Å². The SMILES string of the molecule is C[C@@H]1CC(C(=O)Nc2ncc3ccc(-c4cncs4)cc3n2)CCN1C1CCNCC1. The maximum Gasteiger partial charge on any atom is 0.229 e. The molecule has 0 spiro atoms. The van der Waals surface area contributed by atoms with E-state index in [9.17, 15) is 4.79 Å². The lowest BCUT2D eigenvalue weighted by Gasteiger charge is -2.43. The predicted molar refractivity (Wildman–Crippen MR) is 124 cm³/mol. The fraction of sp³-hybridized carbons (Fsp3) is 0.478. The van der Waals surface area contributed by atoms with Gasteiger partial charge in [0.15, 0.2) is 0 Å². The van der Waals surface area contributed by atoms with Gasteiger partial charge in [0, 0.05) is 35.8 Å². The smallest absolute Gasteiger partial charge is 0.229 e. The molecule has 3 aromatic rings. The third-order valence-corrected chi connectivity index (χ3v) is 7.43. The van der Waals surface area contributed by atoms with Crippen LogP contribution in [0.4, 0.5) is 5.95 Å². The summed E-state index contributed by atoms with van der Waals surface area (Å²) in [6.45, 7) is 5.44. The van der Waals surface area contributed by atoms with Gasteiger partial charge < -0.3 is 5.32 Å². The Balaban J connectivity index is 1.25. The number of thiazole rings is 1. The minimum atomic E-state index is 0.00999. The van der Waals surface area contributed by atoms with Crippen molar-refractivity contribution >= 4 is 34.1 Å². The minimum absolute atomic E-state index is 0.00999. The standard InChI is InChI=1S/C23H28N6OS/c1-15-10-17(6-9-29(15)19-4-7-24-8-5-19)22(30)28-23-26-12-18-3-2-16(11-20(18)27-23)21-13-25-14-31-21/h2-3,11-15,17,19,24H,4-10H2,1H3,(H,26,27,28,30)/t15-,17?/m1/s1. The second kappa shape index (κ2) is 8.98. The Morgan fingerprint density at radius 1 is 1.23 bits per heavy atom. The Bertz CT molecular complexity index is 1050. The van der Waals surface area contributed by atoms with Gasteiger partial charge in [0.05, 0.1) is 15.9 Å². The average molecular weight is 437 g/mol. The van der Waals surface area contributed by atoms with E-state index in [0.717, 1.165) is 53.8 Å². The molecule has 2 aliphatic heterocycles. The van der Waals surface area contributed by atoms with Crippen LogP contribution in [-0.2, 0) is 4.79 Å². The lowest BCUT2D eigenvalue weighted by atomic mass is 9.88. The van der Waals surface area contributed by atoms with E-state index in [1.807, 2.05) is 23.8 Å². The Hall–Kier alpha value is -2.42. The number of hydrogen-bond acceptors (Lipinski definition) is 7. The molecule has 2 atom stereocenters. The fourth-order valence-electron chi connectivity index (χ4n) is 4.92. The molecule has 2 N–H and O–H groups in total. The summed E-state index contributed by atoms with van der Waals surface area (Å²) in [5, 5.41) is 7.37. The van der Waals surface area contributed by atoms with Crippen molar-refractivity contribution < 1.29 is 4.79 Å². The number of anilines is 1. The summed E-state index contributed by atoms with van der Waals surface area (Å²) >= 11 is 1.60. The Morgan fingerprint density at radius 3 is 2.87 bits per heavy atom. The second-order valence-corrected chi connectivity index (χ2v) is 9.50. The van der Waals surface area contributed by atoms with E-state index in [1.165, 1.54) is 12.8 Å². The van der Waals surface area contributed by atoms with Crippen LogP contribution in [0.5, 0.6) is 0 Å². The number of rotatable bonds is 4. The zero-order valence-electron chi connectivity index (χ0n) is 17.8. The first-order valence-corrected chi connectivity index (χ1v) is 12.0. The van der Waals surface area contributed by atoms with E-state index in [-0.39, 0.29) is 11.8 Å². The minimum Gasteiger partial charge on any atom is -0.317 e. The van der Waals surface area contributed by atoms with Gasteiger partial charge in [-0.15, -0.1) is 11.3 Å². The molecule has 0 aliphatic carbocycles. The summed E-state index contributed by atoms with van der Waals surface area (Å²) in [5.41, 5.74) is 3.72. The van der Waals surface area contributed by atoms with Crippen LogP contribution in [0.3, 0.4) is 0 Å². The first-order valence-electron chi connectivity index (χ1n) is 11.1. The van der Waals surface area contributed by atoms with Crippen LogP contribution in [-0.4, -0.2) is 57.5 Å². The number of hydrogen-bond donors (Lipinski definition) is 2. The number of likely N-dealkylation sites (tertiary alicyclic amines) is 1. The normalized spacial score (nSPS) is 23.1. The number of fused-ring (bicyclic) bond motifs is 1. The molecule has 8 heteroatoms. The molecule has 4 heterocycles. The summed E-state index contributed by atoms with van der Waals surface area (Å²) in [7, 11) is 0. The largest absolute Gasteiger partial charge is 0.317 e. The van der Waals surface area contributed by atoms with Crippen LogP contribution in [0.1, 0.15) is 32.6 Å². The summed E-state index contributed by atoms with van der Waals surface area (Å²) in [6, 6.07) is 7.16. The van der Waals surface area contributed by atoms with E-state index in [1.54, 1.807) is 17.5 Å². The van der Waals surface area contributed by atoms with Crippen molar-refractivity contribution in [3.63, 3.8) is 0 Å². The number of nitrogens with zero attached hydrogens (tertiary/aromatic N) is 4. The zero-order valence-corrected chi connectivity index (χ0v) is 18.6. The summed E-state index contributed by atoms with van der Waals surface area (Å²) in [5.74, 6) is 0.429. The maximum absolute atomic E-state index is 13.0. The van der Waals surface area contributed by atoms with Gasteiger partial charge in [0.25, 0.3) is 0 Å². The van der Waals surface area contributed by atoms with Gasteiger partial charge in [-0.1, -0.05) is 12.1 Å². The number of piperidine rings is 2. The monoisotopic (exact) mass is 436 g/mol. The van der Waals surface area contributed by atoms with E-state index in [2.05, 4.69) is 43.5 Å². The van der Waals surface area contributed by atoms with Crippen LogP contribution in [0.25, 0.3) is 21.3 Å². The van der Waals surface area contributed by atoms with Crippen LogP contribution in [0.2, 0.25) is 0 Å². The highest BCUT2D eigenvalue weighted by molar-refractivity contribution is 7.13. The molecule has 0 radical (unpaired) electrons. The summed E-state index contributed by atoms with van der Waals surface area (Å²) in [4.78, 5) is 29.8. The highest BCUT2D eigenvalue weighted by Crippen LogP contribution is 2.29. The van der Waals surface area contributed by atoms with E-state index in [4.69, 9.17) is 0 Å². The zero-order chi connectivity index (χ0) is 21.2. The molecule has 2 aliphatic rings. The first-order chi connectivity index (χ1) is 15.2. The van der Waals surface area contributed by atoms with Crippen LogP contribution < -0.4 is 10.6 Å². The highest BCUT2D eigenvalue weighted by atomic mass is 32.1. The molecule has 2 fully saturated rings. The topological polar surface area (TPSA) is 83.0 Å². The van der Waals surface area contributed by atoms with Gasteiger partial charge >= 0.3 is 0 Å². The fourth-order valence-corrected chi connectivity index (χ4v) is 5.54. The molecule has 2 saturated heterocycles. The third kappa shape index (κ3) is 4.46. The Morgan fingerprint density at radius 2 is 2.10 bits per heavy atom. The van der Waals surface area contributed by atoms with E-state index in [0.29, 0.717) is 18.0 Å². The molecule has 2 aromatic heterocycles. The number of amides is 1. The molecule has 1 aromatic carbocycles. The van der Waals surface area contributed by atoms with Crippen molar-refractivity contribution in [2.75, 3.05) is 25.0 Å². The molecule has 31 heavy (non-hydrogen) atoms. The summed E-state index contributed by atoms with van der Waals surface area (Å²) < 4.78 is 0. The quantitative estimate of drug-likeness (QED) is 0.651. The second-order valence-electron chi connectivity index (χ2n) is 8.61. The van der Waals surface area contributed by atoms with E-state index >= 15 is 0 Å². The molecule has 0 saturated carbocycles. The van der Waals surface area contributed by atoms with Gasteiger partial charge in [0.1, 0.15) is 0 Å². The number of aromatic nitrogens is 3. The third-order valence-electron chi connectivity index (χ3n) is 6.61. The van der Waals surface area contributed by atoms with Crippen LogP contribution in [0, 0.1) is 5.92 Å². The van der Waals surface area contributed by atoms with Crippen molar-refractivity contribution in [1.29, 1.82) is 0 Å². The lowest BCUT2D eigenvalue weighted by molar-refractivity contribution is -0.122. The number of nitrogens with one attached hydrogen (secondary N) is 2. The molecular weight excluding hydrogens is 408 g/mol. The number of carbonyl (C=O) groups excluding carboxylic acids is 1. The van der Waals surface area contributed by atoms with Crippen molar-refractivity contribution in [3.05, 3.63) is 36.1 Å². The molecule has 5 rings (SSSR count). The highest BCUT2D eigenvalue weighted by Gasteiger charge is 2.34. The van der Waals surface area contributed by atoms with Crippen LogP contribution >= 0.6 is 11.3 Å². The Labute approximate surface area is 186 Å². The van der Waals surface area contributed by atoms with Crippen molar-refractivity contribution in [2.45, 2.75) is 44.7 Å². The Kier molecular flexibility index (Phi) is 5.93. The molecule has 7 nitrogen and oxygen atoms in total. The van der Waals surface area contributed by atoms with Crippen molar-refractivity contribution in [2.24, 2.45) is 5.92 Å². The predicted octanol–water partition coefficient (Wildman–Crippen LogP) is 3.54. The number of benzene rings is 1. The van der Waals surface area contributed by atoms with Crippen molar-refractivity contribution in [3.8, 4) is 10.4 Å². The van der Waals surface area contributed by atoms with Gasteiger partial charge in [-0.05, 0) is 63.9 Å². The number of carbonyl (C=O) groups is 1. The molecular formula is C23H28N6OS. The molecule has 1 unspecified atom stereocenters. The van der Waals surface area contributed by atoms with Crippen molar-refractivity contribution in [1.82, 2.24) is 25.2 Å². The van der Waals surface area contributed by atoms with E-state index < -0.39 is 0 Å². The first kappa shape index (κ1) is 20.5. The molecule has 1 amide bonds.